The fourth-order valence-electron chi connectivity index (χ4n) is 3.26. The largest absolute Gasteiger partial charge is 0.323 e. The summed E-state index contributed by atoms with van der Waals surface area (Å²) in [6.45, 7) is 5.22. The molecule has 1 heterocycles. The Morgan fingerprint density at radius 1 is 1.03 bits per heavy atom. The van der Waals surface area contributed by atoms with E-state index in [9.17, 15) is 9.00 Å². The number of benzene rings is 3. The molecule has 31 heavy (non-hydrogen) atoms. The first-order chi connectivity index (χ1) is 14.8. The van der Waals surface area contributed by atoms with E-state index in [1.807, 2.05) is 72.2 Å². The van der Waals surface area contributed by atoms with Crippen LogP contribution in [-0.2, 0) is 15.6 Å². The maximum Gasteiger partial charge on any atom is 0.243 e. The number of fused-ring (bicyclic) bond motifs is 1. The average molecular weight is 452 g/mol. The highest BCUT2D eigenvalue weighted by Crippen LogP contribution is 2.30. The van der Waals surface area contributed by atoms with Crippen LogP contribution in [0.2, 0.25) is 5.02 Å². The first-order valence-electron chi connectivity index (χ1n) is 9.81. The quantitative estimate of drug-likeness (QED) is 0.435. The van der Waals surface area contributed by atoms with Crippen LogP contribution >= 0.6 is 11.6 Å². The predicted molar refractivity (Wildman–Crippen MR) is 126 cm³/mol. The number of amides is 1. The molecule has 0 saturated carbocycles. The summed E-state index contributed by atoms with van der Waals surface area (Å²) < 4.78 is 14.3. The summed E-state index contributed by atoms with van der Waals surface area (Å²) in [7, 11) is -1.76. The molecule has 0 saturated heterocycles. The summed E-state index contributed by atoms with van der Waals surface area (Å²) in [5, 5.41) is 3.58. The first kappa shape index (κ1) is 21.3. The van der Waals surface area contributed by atoms with Gasteiger partial charge in [-0.2, -0.15) is 0 Å². The molecule has 1 amide bonds. The second-order valence-corrected chi connectivity index (χ2v) is 10.1. The SMILES string of the molecule is Cc1ccc(NC(=O)C(C)(C)S(=O)c2nc3ccccc3n2-c2ccccc2)c(Cl)c1. The lowest BCUT2D eigenvalue weighted by atomic mass is 10.1. The van der Waals surface area contributed by atoms with Gasteiger partial charge in [-0.05, 0) is 62.7 Å². The van der Waals surface area contributed by atoms with Gasteiger partial charge < -0.3 is 5.32 Å². The van der Waals surface area contributed by atoms with Crippen LogP contribution in [0.1, 0.15) is 19.4 Å². The Bertz CT molecular complexity index is 1300. The summed E-state index contributed by atoms with van der Waals surface area (Å²) in [4.78, 5) is 17.8. The van der Waals surface area contributed by atoms with Crippen molar-refractivity contribution in [3.63, 3.8) is 0 Å². The third kappa shape index (κ3) is 4.01. The fourth-order valence-corrected chi connectivity index (χ4v) is 4.77. The third-order valence-corrected chi connectivity index (χ3v) is 7.12. The van der Waals surface area contributed by atoms with Crippen molar-refractivity contribution in [1.29, 1.82) is 0 Å². The minimum Gasteiger partial charge on any atom is -0.323 e. The Hall–Kier alpha value is -2.96. The topological polar surface area (TPSA) is 64.0 Å². The Balaban J connectivity index is 1.75. The van der Waals surface area contributed by atoms with Crippen LogP contribution in [0, 0.1) is 6.92 Å². The highest BCUT2D eigenvalue weighted by atomic mass is 35.5. The Morgan fingerprint density at radius 2 is 1.71 bits per heavy atom. The van der Waals surface area contributed by atoms with Gasteiger partial charge in [0.15, 0.2) is 0 Å². The van der Waals surface area contributed by atoms with Crippen molar-refractivity contribution >= 4 is 45.0 Å². The minimum absolute atomic E-state index is 0.322. The first-order valence-corrected chi connectivity index (χ1v) is 11.3. The Morgan fingerprint density at radius 3 is 2.42 bits per heavy atom. The van der Waals surface area contributed by atoms with E-state index in [0.29, 0.717) is 21.4 Å². The molecule has 158 valence electrons. The molecule has 4 rings (SSSR count). The van der Waals surface area contributed by atoms with Gasteiger partial charge in [0.05, 0.1) is 21.7 Å². The highest BCUT2D eigenvalue weighted by Gasteiger charge is 2.39. The zero-order valence-corrected chi connectivity index (χ0v) is 19.0. The number of nitrogens with one attached hydrogen (secondary N) is 1. The van der Waals surface area contributed by atoms with Crippen molar-refractivity contribution in [2.24, 2.45) is 0 Å². The standard InChI is InChI=1S/C24H22ClN3O2S/c1-16-13-14-19(18(25)15-16)26-22(29)24(2,3)31(30)23-27-20-11-7-8-12-21(20)28(23)17-9-5-4-6-10-17/h4-15H,1-3H3,(H,26,29). The van der Waals surface area contributed by atoms with Crippen molar-refractivity contribution in [2.75, 3.05) is 5.32 Å². The van der Waals surface area contributed by atoms with E-state index in [0.717, 1.165) is 16.8 Å². The molecule has 0 aliphatic heterocycles. The molecule has 0 aliphatic rings. The smallest absolute Gasteiger partial charge is 0.243 e. The number of hydrogen-bond donors (Lipinski definition) is 1. The number of nitrogens with zero attached hydrogens (tertiary/aromatic N) is 2. The van der Waals surface area contributed by atoms with Crippen LogP contribution in [0.25, 0.3) is 16.7 Å². The van der Waals surface area contributed by atoms with E-state index in [-0.39, 0.29) is 0 Å². The Kier molecular flexibility index (Phi) is 5.69. The molecule has 0 fully saturated rings. The number of aromatic nitrogens is 2. The molecular formula is C24H22ClN3O2S. The van der Waals surface area contributed by atoms with E-state index in [4.69, 9.17) is 11.6 Å². The number of aryl methyl sites for hydroxylation is 1. The highest BCUT2D eigenvalue weighted by molar-refractivity contribution is 7.87. The molecule has 1 N–H and O–H groups in total. The van der Waals surface area contributed by atoms with Crippen LogP contribution in [-0.4, -0.2) is 24.4 Å². The van der Waals surface area contributed by atoms with Crippen molar-refractivity contribution in [1.82, 2.24) is 9.55 Å². The molecule has 7 heteroatoms. The van der Waals surface area contributed by atoms with Crippen molar-refractivity contribution in [3.8, 4) is 5.69 Å². The van der Waals surface area contributed by atoms with Gasteiger partial charge in [0.2, 0.25) is 11.1 Å². The van der Waals surface area contributed by atoms with Crippen LogP contribution < -0.4 is 5.32 Å². The molecule has 0 aliphatic carbocycles. The number of imidazole rings is 1. The molecule has 3 aromatic carbocycles. The minimum atomic E-state index is -1.76. The number of hydrogen-bond acceptors (Lipinski definition) is 3. The molecule has 5 nitrogen and oxygen atoms in total. The molecule has 1 atom stereocenters. The van der Waals surface area contributed by atoms with Crippen LogP contribution in [0.15, 0.2) is 78.0 Å². The molecule has 0 bridgehead atoms. The van der Waals surface area contributed by atoms with Crippen molar-refractivity contribution in [2.45, 2.75) is 30.7 Å². The number of anilines is 1. The summed E-state index contributed by atoms with van der Waals surface area (Å²) in [5.41, 5.74) is 3.85. The number of rotatable bonds is 5. The predicted octanol–water partition coefficient (Wildman–Crippen LogP) is 5.51. The second kappa shape index (κ2) is 8.29. The van der Waals surface area contributed by atoms with Gasteiger partial charge in [-0.1, -0.05) is 48.0 Å². The van der Waals surface area contributed by atoms with E-state index < -0.39 is 21.5 Å². The van der Waals surface area contributed by atoms with Crippen LogP contribution in [0.3, 0.4) is 0 Å². The zero-order chi connectivity index (χ0) is 22.2. The van der Waals surface area contributed by atoms with Gasteiger partial charge in [-0.25, -0.2) is 4.98 Å². The van der Waals surface area contributed by atoms with Gasteiger partial charge in [0.1, 0.15) is 15.5 Å². The summed E-state index contributed by atoms with van der Waals surface area (Å²) >= 11 is 6.27. The number of halogens is 1. The molecule has 0 spiro atoms. The van der Waals surface area contributed by atoms with Crippen molar-refractivity contribution in [3.05, 3.63) is 83.4 Å². The lowest BCUT2D eigenvalue weighted by Crippen LogP contribution is -2.42. The van der Waals surface area contributed by atoms with Gasteiger partial charge in [0.25, 0.3) is 0 Å². The molecule has 4 aromatic rings. The summed E-state index contributed by atoms with van der Waals surface area (Å²) in [6, 6.07) is 22.6. The van der Waals surface area contributed by atoms with E-state index >= 15 is 0 Å². The van der Waals surface area contributed by atoms with E-state index in [1.54, 1.807) is 26.0 Å². The third-order valence-electron chi connectivity index (χ3n) is 5.09. The molecular weight excluding hydrogens is 430 g/mol. The molecule has 0 radical (unpaired) electrons. The lowest BCUT2D eigenvalue weighted by Gasteiger charge is -2.23. The molecule has 1 unspecified atom stereocenters. The number of carbonyl (C=O) groups excluding carboxylic acids is 1. The van der Waals surface area contributed by atoms with E-state index in [1.165, 1.54) is 0 Å². The summed E-state index contributed by atoms with van der Waals surface area (Å²) in [6.07, 6.45) is 0. The number of para-hydroxylation sites is 3. The Labute approximate surface area is 188 Å². The summed E-state index contributed by atoms with van der Waals surface area (Å²) in [5.74, 6) is -0.400. The fraction of sp³-hybridized carbons (Fsp3) is 0.167. The average Bonchev–Trinajstić information content (AvgIpc) is 3.15. The van der Waals surface area contributed by atoms with Gasteiger partial charge in [0, 0.05) is 5.69 Å². The maximum atomic E-state index is 13.7. The number of carbonyl (C=O) groups is 1. The maximum absolute atomic E-state index is 13.7. The normalized spacial score (nSPS) is 12.6. The lowest BCUT2D eigenvalue weighted by molar-refractivity contribution is -0.117. The monoisotopic (exact) mass is 451 g/mol. The van der Waals surface area contributed by atoms with Crippen LogP contribution in [0.5, 0.6) is 0 Å². The van der Waals surface area contributed by atoms with Gasteiger partial charge >= 0.3 is 0 Å². The zero-order valence-electron chi connectivity index (χ0n) is 17.4. The van der Waals surface area contributed by atoms with Gasteiger partial charge in [-0.15, -0.1) is 0 Å². The van der Waals surface area contributed by atoms with Gasteiger partial charge in [-0.3, -0.25) is 13.6 Å². The van der Waals surface area contributed by atoms with E-state index in [2.05, 4.69) is 10.3 Å². The van der Waals surface area contributed by atoms with Crippen LogP contribution in [0.4, 0.5) is 5.69 Å². The van der Waals surface area contributed by atoms with Crippen molar-refractivity contribution < 1.29 is 9.00 Å². The molecule has 1 aromatic heterocycles. The second-order valence-electron chi connectivity index (χ2n) is 7.77.